The third-order valence-corrected chi connectivity index (χ3v) is 5.65. The second-order valence-corrected chi connectivity index (χ2v) is 8.71. The number of nitrogens with zero attached hydrogens (tertiary/aromatic N) is 7. The van der Waals surface area contributed by atoms with E-state index >= 15 is 0 Å². The highest BCUT2D eigenvalue weighted by atomic mass is 35.5. The maximum atomic E-state index is 12.8. The second kappa shape index (κ2) is 14.3. The van der Waals surface area contributed by atoms with Crippen LogP contribution in [0.1, 0.15) is 11.3 Å². The minimum absolute atomic E-state index is 0.256. The van der Waals surface area contributed by atoms with Gasteiger partial charge >= 0.3 is 12.1 Å². The fourth-order valence-corrected chi connectivity index (χ4v) is 3.66. The van der Waals surface area contributed by atoms with Crippen LogP contribution in [0.2, 0.25) is 10.2 Å². The van der Waals surface area contributed by atoms with Crippen molar-refractivity contribution in [3.63, 3.8) is 0 Å². The van der Waals surface area contributed by atoms with Gasteiger partial charge in [0.2, 0.25) is 0 Å². The van der Waals surface area contributed by atoms with Crippen molar-refractivity contribution in [2.24, 2.45) is 0 Å². The predicted octanol–water partition coefficient (Wildman–Crippen LogP) is 3.00. The van der Waals surface area contributed by atoms with Crippen LogP contribution >= 0.6 is 23.2 Å². The van der Waals surface area contributed by atoms with E-state index in [0.717, 1.165) is 16.9 Å². The van der Waals surface area contributed by atoms with E-state index in [9.17, 15) is 18.0 Å². The third kappa shape index (κ3) is 9.00. The summed E-state index contributed by atoms with van der Waals surface area (Å²) in [4.78, 5) is 30.1. The van der Waals surface area contributed by atoms with E-state index in [4.69, 9.17) is 33.1 Å². The quantitative estimate of drug-likeness (QED) is 0.232. The zero-order valence-electron chi connectivity index (χ0n) is 20.5. The molecule has 3 N–H and O–H groups in total. The molecule has 0 spiro atoms. The van der Waals surface area contributed by atoms with Gasteiger partial charge in [-0.3, -0.25) is 14.3 Å². The van der Waals surface area contributed by atoms with E-state index < -0.39 is 12.1 Å². The van der Waals surface area contributed by atoms with Crippen molar-refractivity contribution < 1.29 is 23.1 Å². The number of carboxylic acid groups (broad SMARTS) is 1. The number of hydrogen-bond donors (Lipinski definition) is 3. The van der Waals surface area contributed by atoms with Gasteiger partial charge < -0.3 is 15.7 Å². The topological polar surface area (TPSA) is 153 Å². The Bertz CT molecular complexity index is 1450. The molecule has 3 heterocycles. The molecule has 0 saturated heterocycles. The molecule has 17 heteroatoms. The maximum Gasteiger partial charge on any atom is 0.490 e. The standard InChI is InChI=1S/C21H21Cl2N9O.C2HF3O2/c22-16-4-5-18(32-14-28-29-30-32)15(11-16)12-24-9-10-31-19(23)13-27-20(21(31)33)26-8-6-17-3-1-2-7-25-17;3-2(4,5)1(6)7/h1-5,7,11,13-14,24H,6,8-10,12H2,(H,26,27);(H,6,7). The molecule has 1 aromatic carbocycles. The number of aromatic nitrogens is 7. The van der Waals surface area contributed by atoms with Gasteiger partial charge in [-0.1, -0.05) is 29.3 Å². The molecular formula is C23H22Cl2F3N9O3. The molecule has 0 amide bonds. The fraction of sp³-hybridized carbons (Fsp3) is 0.261. The number of aliphatic carboxylic acids is 1. The first-order valence-corrected chi connectivity index (χ1v) is 12.2. The molecule has 0 saturated carbocycles. The zero-order valence-corrected chi connectivity index (χ0v) is 22.0. The molecule has 40 heavy (non-hydrogen) atoms. The Labute approximate surface area is 234 Å². The van der Waals surface area contributed by atoms with Crippen molar-refractivity contribution in [1.82, 2.24) is 40.1 Å². The SMILES string of the molecule is O=C(O)C(F)(F)F.O=c1c(NCCc2ccccn2)ncc(Cl)n1CCNCc1cc(Cl)ccc1-n1cnnn1. The van der Waals surface area contributed by atoms with E-state index in [1.165, 1.54) is 17.1 Å². The van der Waals surface area contributed by atoms with Crippen LogP contribution in [-0.4, -0.2) is 65.1 Å². The largest absolute Gasteiger partial charge is 0.490 e. The van der Waals surface area contributed by atoms with Gasteiger partial charge in [0.25, 0.3) is 5.56 Å². The van der Waals surface area contributed by atoms with Crippen LogP contribution in [-0.2, 0) is 24.3 Å². The van der Waals surface area contributed by atoms with Crippen molar-refractivity contribution in [2.75, 3.05) is 18.4 Å². The molecule has 0 fully saturated rings. The number of alkyl halides is 3. The van der Waals surface area contributed by atoms with Gasteiger partial charge in [0, 0.05) is 49.5 Å². The Hall–Kier alpha value is -4.08. The Morgan fingerprint density at radius 1 is 1.10 bits per heavy atom. The summed E-state index contributed by atoms with van der Waals surface area (Å²) in [6.07, 6.45) is 0.324. The lowest BCUT2D eigenvalue weighted by molar-refractivity contribution is -0.192. The molecule has 0 radical (unpaired) electrons. The molecule has 0 unspecified atom stereocenters. The fourth-order valence-electron chi connectivity index (χ4n) is 3.26. The van der Waals surface area contributed by atoms with Crippen molar-refractivity contribution in [3.05, 3.63) is 86.9 Å². The van der Waals surface area contributed by atoms with Gasteiger partial charge in [-0.2, -0.15) is 13.2 Å². The summed E-state index contributed by atoms with van der Waals surface area (Å²) in [5.41, 5.74) is 2.39. The van der Waals surface area contributed by atoms with Crippen LogP contribution < -0.4 is 16.2 Å². The van der Waals surface area contributed by atoms with Crippen molar-refractivity contribution in [3.8, 4) is 5.69 Å². The number of hydrogen-bond acceptors (Lipinski definition) is 9. The Balaban J connectivity index is 0.000000559. The van der Waals surface area contributed by atoms with Crippen LogP contribution in [0.3, 0.4) is 0 Å². The first-order chi connectivity index (χ1) is 19.1. The molecule has 0 aliphatic rings. The zero-order chi connectivity index (χ0) is 29.1. The minimum Gasteiger partial charge on any atom is -0.475 e. The van der Waals surface area contributed by atoms with Crippen LogP contribution in [0.5, 0.6) is 0 Å². The molecule has 212 valence electrons. The van der Waals surface area contributed by atoms with Gasteiger partial charge in [0.15, 0.2) is 5.82 Å². The molecule has 12 nitrogen and oxygen atoms in total. The lowest BCUT2D eigenvalue weighted by Gasteiger charge is -2.13. The number of anilines is 1. The Morgan fingerprint density at radius 3 is 2.52 bits per heavy atom. The van der Waals surface area contributed by atoms with Gasteiger partial charge in [-0.15, -0.1) is 5.10 Å². The van der Waals surface area contributed by atoms with Crippen molar-refractivity contribution in [1.29, 1.82) is 0 Å². The number of benzene rings is 1. The smallest absolute Gasteiger partial charge is 0.475 e. The summed E-state index contributed by atoms with van der Waals surface area (Å²) in [6, 6.07) is 11.2. The van der Waals surface area contributed by atoms with E-state index in [1.54, 1.807) is 16.9 Å². The van der Waals surface area contributed by atoms with Crippen molar-refractivity contribution >= 4 is 35.0 Å². The summed E-state index contributed by atoms with van der Waals surface area (Å²) in [5.74, 6) is -2.50. The number of carbonyl (C=O) groups is 1. The summed E-state index contributed by atoms with van der Waals surface area (Å²) >= 11 is 12.4. The maximum absolute atomic E-state index is 12.8. The molecule has 3 aromatic heterocycles. The monoisotopic (exact) mass is 599 g/mol. The third-order valence-electron chi connectivity index (χ3n) is 5.11. The summed E-state index contributed by atoms with van der Waals surface area (Å²) in [5, 5.41) is 25.7. The number of nitrogens with one attached hydrogen (secondary N) is 2. The summed E-state index contributed by atoms with van der Waals surface area (Å²) in [6.45, 7) is 1.91. The highest BCUT2D eigenvalue weighted by molar-refractivity contribution is 6.30. The number of tetrazole rings is 1. The number of pyridine rings is 1. The van der Waals surface area contributed by atoms with Crippen molar-refractivity contribution in [2.45, 2.75) is 25.7 Å². The second-order valence-electron chi connectivity index (χ2n) is 7.89. The molecule has 0 bridgehead atoms. The molecule has 0 atom stereocenters. The van der Waals surface area contributed by atoms with E-state index in [-0.39, 0.29) is 16.5 Å². The van der Waals surface area contributed by atoms with Crippen LogP contribution in [0.4, 0.5) is 19.0 Å². The first kappa shape index (κ1) is 30.5. The number of rotatable bonds is 10. The molecular weight excluding hydrogens is 578 g/mol. The number of halogens is 5. The van der Waals surface area contributed by atoms with E-state index in [0.29, 0.717) is 37.6 Å². The van der Waals surface area contributed by atoms with Gasteiger partial charge in [-0.25, -0.2) is 14.5 Å². The van der Waals surface area contributed by atoms with Gasteiger partial charge in [-0.05, 0) is 46.3 Å². The highest BCUT2D eigenvalue weighted by Gasteiger charge is 2.38. The Kier molecular flexibility index (Phi) is 10.9. The van der Waals surface area contributed by atoms with Crippen LogP contribution in [0.25, 0.3) is 5.69 Å². The molecule has 4 rings (SSSR count). The highest BCUT2D eigenvalue weighted by Crippen LogP contribution is 2.19. The molecule has 0 aliphatic carbocycles. The first-order valence-electron chi connectivity index (χ1n) is 11.5. The lowest BCUT2D eigenvalue weighted by atomic mass is 10.2. The minimum atomic E-state index is -5.08. The number of carboxylic acids is 1. The van der Waals surface area contributed by atoms with E-state index in [1.807, 2.05) is 30.3 Å². The van der Waals surface area contributed by atoms with Gasteiger partial charge in [0.05, 0.1) is 11.9 Å². The van der Waals surface area contributed by atoms with Crippen LogP contribution in [0.15, 0.2) is 59.9 Å². The molecule has 4 aromatic rings. The Morgan fingerprint density at radius 2 is 1.88 bits per heavy atom. The van der Waals surface area contributed by atoms with Gasteiger partial charge in [0.1, 0.15) is 11.5 Å². The predicted molar refractivity (Wildman–Crippen MR) is 139 cm³/mol. The van der Waals surface area contributed by atoms with E-state index in [2.05, 4.69) is 36.1 Å². The lowest BCUT2D eigenvalue weighted by Crippen LogP contribution is -2.30. The molecule has 0 aliphatic heterocycles. The normalized spacial score (nSPS) is 11.0. The summed E-state index contributed by atoms with van der Waals surface area (Å²) in [7, 11) is 0. The summed E-state index contributed by atoms with van der Waals surface area (Å²) < 4.78 is 34.8. The average Bonchev–Trinajstić information content (AvgIpc) is 3.45. The van der Waals surface area contributed by atoms with Crippen LogP contribution in [0, 0.1) is 0 Å². The average molecular weight is 600 g/mol.